The minimum absolute atomic E-state index is 0.125. The maximum absolute atomic E-state index is 13.4. The number of halogens is 2. The Morgan fingerprint density at radius 3 is 2.53 bits per heavy atom. The van der Waals surface area contributed by atoms with Gasteiger partial charge >= 0.3 is 0 Å². The molecule has 1 atom stereocenters. The first-order valence-corrected chi connectivity index (χ1v) is 4.68. The van der Waals surface area contributed by atoms with Crippen LogP contribution in [0.1, 0.15) is 11.7 Å². The van der Waals surface area contributed by atoms with E-state index in [1.807, 2.05) is 0 Å². The van der Waals surface area contributed by atoms with Gasteiger partial charge in [0.2, 0.25) is 0 Å². The standard InChI is InChI=1S/C10H11F2NO2/c11-7-3-6(14)4-8(12)10(7)9-5-13-1-2-15-9/h3-4,9,13-14H,1-2,5H2. The van der Waals surface area contributed by atoms with Gasteiger partial charge in [-0.1, -0.05) is 0 Å². The number of benzene rings is 1. The lowest BCUT2D eigenvalue weighted by Crippen LogP contribution is -2.34. The van der Waals surface area contributed by atoms with Gasteiger partial charge < -0.3 is 15.2 Å². The van der Waals surface area contributed by atoms with Crippen molar-refractivity contribution >= 4 is 0 Å². The number of phenolic OH excluding ortho intramolecular Hbond substituents is 1. The van der Waals surface area contributed by atoms with Crippen LogP contribution in [0.4, 0.5) is 8.78 Å². The molecule has 0 spiro atoms. The molecule has 0 amide bonds. The fourth-order valence-electron chi connectivity index (χ4n) is 1.63. The monoisotopic (exact) mass is 215 g/mol. The summed E-state index contributed by atoms with van der Waals surface area (Å²) in [6.07, 6.45) is -0.626. The summed E-state index contributed by atoms with van der Waals surface area (Å²) >= 11 is 0. The van der Waals surface area contributed by atoms with Crippen LogP contribution in [0.3, 0.4) is 0 Å². The van der Waals surface area contributed by atoms with E-state index in [0.29, 0.717) is 19.7 Å². The Hall–Kier alpha value is -1.20. The fraction of sp³-hybridized carbons (Fsp3) is 0.400. The van der Waals surface area contributed by atoms with E-state index in [1.54, 1.807) is 0 Å². The highest BCUT2D eigenvalue weighted by atomic mass is 19.1. The van der Waals surface area contributed by atoms with Crippen LogP contribution in [0.2, 0.25) is 0 Å². The molecule has 2 N–H and O–H groups in total. The van der Waals surface area contributed by atoms with E-state index in [-0.39, 0.29) is 5.56 Å². The molecule has 1 fully saturated rings. The van der Waals surface area contributed by atoms with Gasteiger partial charge in [-0.3, -0.25) is 0 Å². The molecule has 1 aromatic rings. The summed E-state index contributed by atoms with van der Waals surface area (Å²) in [6.45, 7) is 1.47. The van der Waals surface area contributed by atoms with Gasteiger partial charge in [0.25, 0.3) is 0 Å². The van der Waals surface area contributed by atoms with Gasteiger partial charge in [0.15, 0.2) is 0 Å². The van der Waals surface area contributed by atoms with Crippen molar-refractivity contribution in [2.45, 2.75) is 6.10 Å². The summed E-state index contributed by atoms with van der Waals surface area (Å²) in [5.74, 6) is -1.97. The smallest absolute Gasteiger partial charge is 0.135 e. The lowest BCUT2D eigenvalue weighted by Gasteiger charge is -2.24. The number of phenols is 1. The number of aromatic hydroxyl groups is 1. The number of hydrogen-bond acceptors (Lipinski definition) is 3. The van der Waals surface area contributed by atoms with Crippen molar-refractivity contribution in [3.63, 3.8) is 0 Å². The van der Waals surface area contributed by atoms with E-state index in [0.717, 1.165) is 12.1 Å². The Morgan fingerprint density at radius 2 is 2.00 bits per heavy atom. The maximum atomic E-state index is 13.4. The van der Waals surface area contributed by atoms with Crippen LogP contribution < -0.4 is 5.32 Å². The Balaban J connectivity index is 2.33. The average Bonchev–Trinajstić information content (AvgIpc) is 2.17. The maximum Gasteiger partial charge on any atom is 0.135 e. The minimum atomic E-state index is -0.777. The first kappa shape index (κ1) is 10.3. The van der Waals surface area contributed by atoms with Gasteiger partial charge in [-0.15, -0.1) is 0 Å². The quantitative estimate of drug-likeness (QED) is 0.742. The molecule has 15 heavy (non-hydrogen) atoms. The number of ether oxygens (including phenoxy) is 1. The Kier molecular flexibility index (Phi) is 2.83. The first-order valence-electron chi connectivity index (χ1n) is 4.68. The third-order valence-electron chi connectivity index (χ3n) is 2.31. The van der Waals surface area contributed by atoms with Gasteiger partial charge in [0.05, 0.1) is 12.2 Å². The second kappa shape index (κ2) is 4.12. The number of rotatable bonds is 1. The Labute approximate surface area is 85.7 Å². The van der Waals surface area contributed by atoms with E-state index in [4.69, 9.17) is 9.84 Å². The molecule has 0 aliphatic carbocycles. The van der Waals surface area contributed by atoms with E-state index in [2.05, 4.69) is 5.32 Å². The molecule has 1 unspecified atom stereocenters. The molecule has 1 aromatic carbocycles. The first-order chi connectivity index (χ1) is 7.18. The van der Waals surface area contributed by atoms with Crippen LogP contribution in [0.25, 0.3) is 0 Å². The van der Waals surface area contributed by atoms with Gasteiger partial charge in [0.1, 0.15) is 23.5 Å². The van der Waals surface area contributed by atoms with E-state index in [9.17, 15) is 8.78 Å². The topological polar surface area (TPSA) is 41.5 Å². The molecule has 1 heterocycles. The van der Waals surface area contributed by atoms with E-state index < -0.39 is 23.5 Å². The predicted molar refractivity (Wildman–Crippen MR) is 49.6 cm³/mol. The van der Waals surface area contributed by atoms with Crippen molar-refractivity contribution in [2.24, 2.45) is 0 Å². The van der Waals surface area contributed by atoms with Crippen molar-refractivity contribution in [3.05, 3.63) is 29.3 Å². The summed E-state index contributed by atoms with van der Waals surface area (Å²) in [6, 6.07) is 1.77. The summed E-state index contributed by atoms with van der Waals surface area (Å²) in [5, 5.41) is 12.0. The van der Waals surface area contributed by atoms with Crippen LogP contribution >= 0.6 is 0 Å². The second-order valence-electron chi connectivity index (χ2n) is 3.39. The summed E-state index contributed by atoms with van der Waals surface area (Å²) in [4.78, 5) is 0. The molecule has 0 saturated carbocycles. The molecule has 2 rings (SSSR count). The van der Waals surface area contributed by atoms with Gasteiger partial charge in [-0.05, 0) is 0 Å². The Morgan fingerprint density at radius 1 is 1.33 bits per heavy atom. The third-order valence-corrected chi connectivity index (χ3v) is 2.31. The van der Waals surface area contributed by atoms with Gasteiger partial charge in [0, 0.05) is 25.2 Å². The number of hydrogen-bond donors (Lipinski definition) is 2. The summed E-state index contributed by atoms with van der Waals surface area (Å²) < 4.78 is 32.0. The van der Waals surface area contributed by atoms with Crippen LogP contribution in [0.5, 0.6) is 5.75 Å². The molecule has 1 saturated heterocycles. The van der Waals surface area contributed by atoms with Gasteiger partial charge in [-0.25, -0.2) is 8.78 Å². The zero-order valence-corrected chi connectivity index (χ0v) is 7.96. The van der Waals surface area contributed by atoms with E-state index in [1.165, 1.54) is 0 Å². The normalized spacial score (nSPS) is 21.6. The van der Waals surface area contributed by atoms with Gasteiger partial charge in [-0.2, -0.15) is 0 Å². The summed E-state index contributed by atoms with van der Waals surface area (Å²) in [5.41, 5.74) is -0.125. The number of morpholine rings is 1. The van der Waals surface area contributed by atoms with Crippen molar-refractivity contribution in [3.8, 4) is 5.75 Å². The highest BCUT2D eigenvalue weighted by Crippen LogP contribution is 2.27. The SMILES string of the molecule is Oc1cc(F)c(C2CNCCO2)c(F)c1. The van der Waals surface area contributed by atoms with Crippen molar-refractivity contribution < 1.29 is 18.6 Å². The van der Waals surface area contributed by atoms with Crippen LogP contribution in [0, 0.1) is 11.6 Å². The molecule has 82 valence electrons. The fourth-order valence-corrected chi connectivity index (χ4v) is 1.63. The van der Waals surface area contributed by atoms with E-state index >= 15 is 0 Å². The zero-order valence-electron chi connectivity index (χ0n) is 7.96. The van der Waals surface area contributed by atoms with Crippen molar-refractivity contribution in [1.29, 1.82) is 0 Å². The highest BCUT2D eigenvalue weighted by molar-refractivity contribution is 5.31. The number of nitrogens with one attached hydrogen (secondary N) is 1. The molecular formula is C10H11F2NO2. The lowest BCUT2D eigenvalue weighted by molar-refractivity contribution is 0.0231. The Bertz CT molecular complexity index is 341. The molecule has 5 heteroatoms. The molecule has 1 aliphatic rings. The van der Waals surface area contributed by atoms with Crippen molar-refractivity contribution in [2.75, 3.05) is 19.7 Å². The van der Waals surface area contributed by atoms with Crippen LogP contribution in [-0.2, 0) is 4.74 Å². The largest absolute Gasteiger partial charge is 0.508 e. The molecular weight excluding hydrogens is 204 g/mol. The third kappa shape index (κ3) is 2.08. The zero-order chi connectivity index (χ0) is 10.8. The predicted octanol–water partition coefficient (Wildman–Crippen LogP) is 1.33. The molecule has 0 bridgehead atoms. The second-order valence-corrected chi connectivity index (χ2v) is 3.39. The summed E-state index contributed by atoms with van der Waals surface area (Å²) in [7, 11) is 0. The lowest BCUT2D eigenvalue weighted by atomic mass is 10.1. The molecule has 3 nitrogen and oxygen atoms in total. The highest BCUT2D eigenvalue weighted by Gasteiger charge is 2.23. The average molecular weight is 215 g/mol. The van der Waals surface area contributed by atoms with Crippen LogP contribution in [-0.4, -0.2) is 24.8 Å². The van der Waals surface area contributed by atoms with Crippen LogP contribution in [0.15, 0.2) is 12.1 Å². The molecule has 1 aliphatic heterocycles. The molecule has 0 aromatic heterocycles. The molecule has 0 radical (unpaired) electrons. The van der Waals surface area contributed by atoms with Crippen molar-refractivity contribution in [1.82, 2.24) is 5.32 Å². The minimum Gasteiger partial charge on any atom is -0.508 e.